The van der Waals surface area contributed by atoms with Gasteiger partial charge in [-0.2, -0.15) is 0 Å². The molecule has 0 bridgehead atoms. The highest BCUT2D eigenvalue weighted by Gasteiger charge is 2.35. The van der Waals surface area contributed by atoms with Crippen molar-refractivity contribution in [3.05, 3.63) is 54.3 Å². The van der Waals surface area contributed by atoms with Gasteiger partial charge in [0.1, 0.15) is 11.6 Å². The summed E-state index contributed by atoms with van der Waals surface area (Å²) < 4.78 is 18.5. The molecule has 0 spiro atoms. The van der Waals surface area contributed by atoms with Crippen LogP contribution in [0.25, 0.3) is 0 Å². The average molecular weight is 356 g/mol. The molecule has 1 fully saturated rings. The SMILES string of the molecule is CCCOc1ccc(N2CC(C(=O)Nc3ccc(F)cc3)CC2=O)cc1. The highest BCUT2D eigenvalue weighted by Crippen LogP contribution is 2.27. The van der Waals surface area contributed by atoms with E-state index in [0.717, 1.165) is 17.9 Å². The summed E-state index contributed by atoms with van der Waals surface area (Å²) in [7, 11) is 0. The molecule has 1 atom stereocenters. The van der Waals surface area contributed by atoms with Gasteiger partial charge >= 0.3 is 0 Å². The Morgan fingerprint density at radius 1 is 1.19 bits per heavy atom. The van der Waals surface area contributed by atoms with Gasteiger partial charge in [-0.05, 0) is 55.0 Å². The van der Waals surface area contributed by atoms with E-state index in [9.17, 15) is 14.0 Å². The zero-order valence-electron chi connectivity index (χ0n) is 14.6. The van der Waals surface area contributed by atoms with Crippen molar-refractivity contribution in [1.29, 1.82) is 0 Å². The smallest absolute Gasteiger partial charge is 0.229 e. The lowest BCUT2D eigenvalue weighted by atomic mass is 10.1. The largest absolute Gasteiger partial charge is 0.494 e. The van der Waals surface area contributed by atoms with Gasteiger partial charge in [0, 0.05) is 24.3 Å². The Balaban J connectivity index is 1.62. The first kappa shape index (κ1) is 17.9. The third kappa shape index (κ3) is 4.20. The molecule has 1 saturated heterocycles. The summed E-state index contributed by atoms with van der Waals surface area (Å²) in [6.45, 7) is 3.00. The van der Waals surface area contributed by atoms with Crippen molar-refractivity contribution < 1.29 is 18.7 Å². The minimum atomic E-state index is -0.441. The van der Waals surface area contributed by atoms with Crippen molar-refractivity contribution >= 4 is 23.2 Å². The van der Waals surface area contributed by atoms with E-state index in [1.54, 1.807) is 4.90 Å². The van der Waals surface area contributed by atoms with Crippen LogP contribution >= 0.6 is 0 Å². The van der Waals surface area contributed by atoms with Gasteiger partial charge in [0.05, 0.1) is 12.5 Å². The van der Waals surface area contributed by atoms with Crippen LogP contribution in [-0.2, 0) is 9.59 Å². The fourth-order valence-electron chi connectivity index (χ4n) is 2.85. The molecule has 0 aliphatic carbocycles. The van der Waals surface area contributed by atoms with Crippen LogP contribution in [0.1, 0.15) is 19.8 Å². The number of nitrogens with one attached hydrogen (secondary N) is 1. The quantitative estimate of drug-likeness (QED) is 0.860. The molecule has 6 heteroatoms. The third-order valence-electron chi connectivity index (χ3n) is 4.23. The lowest BCUT2D eigenvalue weighted by Crippen LogP contribution is -2.28. The summed E-state index contributed by atoms with van der Waals surface area (Å²) in [5.74, 6) is -0.380. The molecule has 0 radical (unpaired) electrons. The van der Waals surface area contributed by atoms with Crippen LogP contribution in [0.2, 0.25) is 0 Å². The van der Waals surface area contributed by atoms with Gasteiger partial charge in [0.2, 0.25) is 11.8 Å². The van der Waals surface area contributed by atoms with E-state index in [1.165, 1.54) is 24.3 Å². The second-order valence-corrected chi connectivity index (χ2v) is 6.24. The van der Waals surface area contributed by atoms with Gasteiger partial charge in [0.15, 0.2) is 0 Å². The maximum Gasteiger partial charge on any atom is 0.229 e. The summed E-state index contributed by atoms with van der Waals surface area (Å²) in [6.07, 6.45) is 1.08. The Kier molecular flexibility index (Phi) is 5.51. The topological polar surface area (TPSA) is 58.6 Å². The Labute approximate surface area is 151 Å². The van der Waals surface area contributed by atoms with E-state index in [-0.39, 0.29) is 24.1 Å². The maximum absolute atomic E-state index is 12.9. The van der Waals surface area contributed by atoms with Crippen molar-refractivity contribution in [3.8, 4) is 5.75 Å². The zero-order chi connectivity index (χ0) is 18.5. The number of nitrogens with zero attached hydrogens (tertiary/aromatic N) is 1. The number of benzene rings is 2. The number of ether oxygens (including phenoxy) is 1. The second kappa shape index (κ2) is 7.99. The number of carbonyl (C=O) groups excluding carboxylic acids is 2. The molecule has 1 N–H and O–H groups in total. The third-order valence-corrected chi connectivity index (χ3v) is 4.23. The second-order valence-electron chi connectivity index (χ2n) is 6.24. The zero-order valence-corrected chi connectivity index (χ0v) is 14.6. The predicted molar refractivity (Wildman–Crippen MR) is 97.7 cm³/mol. The van der Waals surface area contributed by atoms with Crippen LogP contribution in [0.4, 0.5) is 15.8 Å². The molecule has 136 valence electrons. The molecule has 1 unspecified atom stereocenters. The van der Waals surface area contributed by atoms with Crippen LogP contribution in [-0.4, -0.2) is 25.0 Å². The van der Waals surface area contributed by atoms with Gasteiger partial charge < -0.3 is 15.0 Å². The summed E-state index contributed by atoms with van der Waals surface area (Å²) in [5.41, 5.74) is 1.26. The van der Waals surface area contributed by atoms with E-state index < -0.39 is 5.92 Å². The van der Waals surface area contributed by atoms with Crippen LogP contribution in [0, 0.1) is 11.7 Å². The highest BCUT2D eigenvalue weighted by atomic mass is 19.1. The van der Waals surface area contributed by atoms with Crippen molar-refractivity contribution in [2.75, 3.05) is 23.4 Å². The molecule has 2 aromatic rings. The summed E-state index contributed by atoms with van der Waals surface area (Å²) >= 11 is 0. The van der Waals surface area contributed by atoms with Crippen molar-refractivity contribution in [3.63, 3.8) is 0 Å². The van der Waals surface area contributed by atoms with E-state index in [0.29, 0.717) is 18.8 Å². The van der Waals surface area contributed by atoms with Gasteiger partial charge in [0.25, 0.3) is 0 Å². The molecule has 5 nitrogen and oxygen atoms in total. The Bertz CT molecular complexity index is 775. The van der Waals surface area contributed by atoms with Crippen molar-refractivity contribution in [1.82, 2.24) is 0 Å². The monoisotopic (exact) mass is 356 g/mol. The number of anilines is 2. The molecular weight excluding hydrogens is 335 g/mol. The minimum Gasteiger partial charge on any atom is -0.494 e. The Morgan fingerprint density at radius 2 is 1.88 bits per heavy atom. The van der Waals surface area contributed by atoms with Crippen LogP contribution in [0.3, 0.4) is 0 Å². The molecule has 3 rings (SSSR count). The first-order valence-corrected chi connectivity index (χ1v) is 8.66. The fraction of sp³-hybridized carbons (Fsp3) is 0.300. The summed E-state index contributed by atoms with van der Waals surface area (Å²) in [4.78, 5) is 26.3. The highest BCUT2D eigenvalue weighted by molar-refractivity contribution is 6.03. The molecule has 0 aromatic heterocycles. The van der Waals surface area contributed by atoms with E-state index in [4.69, 9.17) is 4.74 Å². The van der Waals surface area contributed by atoms with E-state index in [2.05, 4.69) is 5.32 Å². The van der Waals surface area contributed by atoms with Crippen molar-refractivity contribution in [2.24, 2.45) is 5.92 Å². The molecule has 2 aromatic carbocycles. The standard InChI is InChI=1S/C20H21FN2O3/c1-2-11-26-18-9-7-17(8-10-18)23-13-14(12-19(23)24)20(25)22-16-5-3-15(21)4-6-16/h3-10,14H,2,11-13H2,1H3,(H,22,25). The van der Waals surface area contributed by atoms with Gasteiger partial charge in [-0.15, -0.1) is 0 Å². The van der Waals surface area contributed by atoms with Crippen molar-refractivity contribution in [2.45, 2.75) is 19.8 Å². The average Bonchev–Trinajstić information content (AvgIpc) is 3.04. The lowest BCUT2D eigenvalue weighted by Gasteiger charge is -2.17. The maximum atomic E-state index is 12.9. The number of hydrogen-bond acceptors (Lipinski definition) is 3. The van der Waals surface area contributed by atoms with E-state index in [1.807, 2.05) is 31.2 Å². The molecule has 26 heavy (non-hydrogen) atoms. The molecule has 1 aliphatic rings. The van der Waals surface area contributed by atoms with Gasteiger partial charge in [-0.1, -0.05) is 6.92 Å². The van der Waals surface area contributed by atoms with Gasteiger partial charge in [-0.3, -0.25) is 9.59 Å². The molecular formula is C20H21FN2O3. The van der Waals surface area contributed by atoms with E-state index >= 15 is 0 Å². The van der Waals surface area contributed by atoms with Crippen LogP contribution in [0.15, 0.2) is 48.5 Å². The summed E-state index contributed by atoms with van der Waals surface area (Å²) in [5, 5.41) is 2.73. The molecule has 1 aliphatic heterocycles. The molecule has 2 amide bonds. The number of rotatable bonds is 6. The van der Waals surface area contributed by atoms with Crippen LogP contribution in [0.5, 0.6) is 5.75 Å². The molecule has 0 saturated carbocycles. The Hall–Kier alpha value is -2.89. The minimum absolute atomic E-state index is 0.0912. The fourth-order valence-corrected chi connectivity index (χ4v) is 2.85. The molecule has 1 heterocycles. The predicted octanol–water partition coefficient (Wildman–Crippen LogP) is 3.61. The Morgan fingerprint density at radius 3 is 2.54 bits per heavy atom. The van der Waals surface area contributed by atoms with Crippen LogP contribution < -0.4 is 15.0 Å². The summed E-state index contributed by atoms with van der Waals surface area (Å²) in [6, 6.07) is 12.8. The normalized spacial score (nSPS) is 16.6. The van der Waals surface area contributed by atoms with Gasteiger partial charge in [-0.25, -0.2) is 4.39 Å². The number of carbonyl (C=O) groups is 2. The number of hydrogen-bond donors (Lipinski definition) is 1. The first-order chi connectivity index (χ1) is 12.6. The number of amides is 2. The first-order valence-electron chi connectivity index (χ1n) is 8.66. The lowest BCUT2D eigenvalue weighted by molar-refractivity contribution is -0.122. The number of halogens is 1.